The first-order valence-corrected chi connectivity index (χ1v) is 9.02. The van der Waals surface area contributed by atoms with Gasteiger partial charge in [0.15, 0.2) is 0 Å². The van der Waals surface area contributed by atoms with E-state index >= 15 is 0 Å². The predicted molar refractivity (Wildman–Crippen MR) is 105 cm³/mol. The first-order chi connectivity index (χ1) is 13.4. The van der Waals surface area contributed by atoms with Crippen molar-refractivity contribution >= 4 is 34.2 Å². The van der Waals surface area contributed by atoms with E-state index in [1.165, 1.54) is 0 Å². The third kappa shape index (κ3) is 3.46. The number of anilines is 2. The predicted octanol–water partition coefficient (Wildman–Crippen LogP) is 2.51. The first-order valence-electron chi connectivity index (χ1n) is 9.02. The number of hydrogen-bond acceptors (Lipinski definition) is 6. The topological polar surface area (TPSA) is 100 Å². The normalized spacial score (nSPS) is 16.1. The lowest BCUT2D eigenvalue weighted by atomic mass is 9.83. The number of aryl methyl sites for hydroxylation is 1. The van der Waals surface area contributed by atoms with Crippen LogP contribution < -0.4 is 10.6 Å². The summed E-state index contributed by atoms with van der Waals surface area (Å²) in [5.41, 5.74) is 5.68. The Bertz CT molecular complexity index is 1070. The average Bonchev–Trinajstić information content (AvgIpc) is 3.09. The molecule has 4 rings (SSSR count). The van der Waals surface area contributed by atoms with E-state index in [9.17, 15) is 9.59 Å². The number of amides is 2. The second-order valence-corrected chi connectivity index (χ2v) is 7.36. The Kier molecular flexibility index (Phi) is 4.56. The van der Waals surface area contributed by atoms with E-state index in [1.54, 1.807) is 4.90 Å². The van der Waals surface area contributed by atoms with Crippen LogP contribution in [0.2, 0.25) is 0 Å². The third-order valence-electron chi connectivity index (χ3n) is 4.85. The molecule has 144 valence electrons. The minimum absolute atomic E-state index is 0.0645. The van der Waals surface area contributed by atoms with Crippen LogP contribution in [0.15, 0.2) is 35.0 Å². The second kappa shape index (κ2) is 7.05. The van der Waals surface area contributed by atoms with Crippen molar-refractivity contribution in [1.29, 1.82) is 0 Å². The van der Waals surface area contributed by atoms with Crippen LogP contribution in [0.4, 0.5) is 11.4 Å². The fraction of sp³-hybridized carbons (Fsp3) is 0.300. The van der Waals surface area contributed by atoms with E-state index in [1.807, 2.05) is 51.4 Å². The molecule has 0 spiro atoms. The summed E-state index contributed by atoms with van der Waals surface area (Å²) in [6.45, 7) is 2.24. The van der Waals surface area contributed by atoms with E-state index in [0.717, 1.165) is 16.7 Å². The lowest BCUT2D eigenvalue weighted by molar-refractivity contribution is -0.117. The van der Waals surface area contributed by atoms with Gasteiger partial charge in [-0.2, -0.15) is 0 Å². The van der Waals surface area contributed by atoms with Gasteiger partial charge >= 0.3 is 0 Å². The molecule has 1 atom stereocenters. The highest BCUT2D eigenvalue weighted by molar-refractivity contribution is 5.98. The number of nitrogens with one attached hydrogen (secondary N) is 2. The minimum Gasteiger partial charge on any atom is -0.326 e. The Morgan fingerprint density at radius 2 is 2.04 bits per heavy atom. The molecule has 0 aliphatic carbocycles. The molecule has 0 bridgehead atoms. The number of aromatic nitrogens is 2. The van der Waals surface area contributed by atoms with E-state index < -0.39 is 0 Å². The molecule has 8 heteroatoms. The van der Waals surface area contributed by atoms with Gasteiger partial charge in [-0.05, 0) is 66.2 Å². The Balaban J connectivity index is 1.70. The molecule has 2 aromatic carbocycles. The number of hydrogen-bond donors (Lipinski definition) is 2. The smallest absolute Gasteiger partial charge is 0.238 e. The van der Waals surface area contributed by atoms with Crippen LogP contribution in [0.1, 0.15) is 29.0 Å². The molecule has 2 N–H and O–H groups in total. The van der Waals surface area contributed by atoms with Crippen molar-refractivity contribution < 1.29 is 14.2 Å². The van der Waals surface area contributed by atoms with E-state index in [-0.39, 0.29) is 24.3 Å². The van der Waals surface area contributed by atoms with Crippen molar-refractivity contribution in [3.63, 3.8) is 0 Å². The fourth-order valence-electron chi connectivity index (χ4n) is 3.55. The van der Waals surface area contributed by atoms with Gasteiger partial charge in [-0.15, -0.1) is 0 Å². The van der Waals surface area contributed by atoms with E-state index in [4.69, 9.17) is 4.63 Å². The monoisotopic (exact) mass is 379 g/mol. The number of carbonyl (C=O) groups is 2. The summed E-state index contributed by atoms with van der Waals surface area (Å²) in [7, 11) is 3.68. The molecule has 1 aromatic heterocycles. The van der Waals surface area contributed by atoms with Crippen LogP contribution in [0.25, 0.3) is 11.0 Å². The van der Waals surface area contributed by atoms with Crippen molar-refractivity contribution in [3.05, 3.63) is 47.0 Å². The van der Waals surface area contributed by atoms with Crippen LogP contribution in [-0.4, -0.2) is 47.7 Å². The maximum atomic E-state index is 12.3. The van der Waals surface area contributed by atoms with Gasteiger partial charge in [0.05, 0.1) is 6.54 Å². The molecule has 0 saturated heterocycles. The molecule has 28 heavy (non-hydrogen) atoms. The highest BCUT2D eigenvalue weighted by Crippen LogP contribution is 2.40. The number of likely N-dealkylation sites (N-methyl/N-ethyl adjacent to an activating group) is 1. The van der Waals surface area contributed by atoms with Gasteiger partial charge in [0, 0.05) is 23.7 Å². The zero-order valence-corrected chi connectivity index (χ0v) is 15.9. The van der Waals surface area contributed by atoms with Gasteiger partial charge in [-0.1, -0.05) is 12.1 Å². The molecule has 1 aliphatic heterocycles. The van der Waals surface area contributed by atoms with Crippen LogP contribution in [-0.2, 0) is 9.59 Å². The fourth-order valence-corrected chi connectivity index (χ4v) is 3.55. The van der Waals surface area contributed by atoms with Crippen molar-refractivity contribution in [2.75, 3.05) is 31.3 Å². The van der Waals surface area contributed by atoms with Gasteiger partial charge in [-0.3, -0.25) is 9.59 Å². The number of carbonyl (C=O) groups excluding carboxylic acids is 2. The highest BCUT2D eigenvalue weighted by atomic mass is 16.6. The summed E-state index contributed by atoms with van der Waals surface area (Å²) in [6.07, 6.45) is 0.343. The molecule has 1 aliphatic rings. The van der Waals surface area contributed by atoms with Crippen LogP contribution in [0, 0.1) is 6.92 Å². The number of nitrogens with zero attached hydrogens (tertiary/aromatic N) is 3. The summed E-state index contributed by atoms with van der Waals surface area (Å²) in [6, 6.07) is 9.55. The zero-order valence-electron chi connectivity index (χ0n) is 15.9. The Hall–Kier alpha value is -3.26. The van der Waals surface area contributed by atoms with Crippen molar-refractivity contribution in [1.82, 2.24) is 15.2 Å². The zero-order chi connectivity index (χ0) is 19.8. The Morgan fingerprint density at radius 3 is 2.82 bits per heavy atom. The molecule has 2 amide bonds. The first kappa shape index (κ1) is 18.1. The minimum atomic E-state index is -0.102. The number of fused-ring (bicyclic) bond motifs is 2. The Labute approximate surface area is 161 Å². The molecule has 0 unspecified atom stereocenters. The van der Waals surface area contributed by atoms with Crippen LogP contribution in [0.3, 0.4) is 0 Å². The molecule has 0 radical (unpaired) electrons. The van der Waals surface area contributed by atoms with Gasteiger partial charge < -0.3 is 15.5 Å². The highest BCUT2D eigenvalue weighted by Gasteiger charge is 2.28. The Morgan fingerprint density at radius 1 is 1.25 bits per heavy atom. The SMILES string of the molecule is Cc1cc2c(cc1NC(=O)CN(C)C)NC(=O)C[C@H]2c1ccc2nonc2c1. The maximum Gasteiger partial charge on any atom is 0.238 e. The summed E-state index contributed by atoms with van der Waals surface area (Å²) in [4.78, 5) is 26.3. The molecular weight excluding hydrogens is 358 g/mol. The molecular formula is C20H21N5O3. The van der Waals surface area contributed by atoms with E-state index in [2.05, 4.69) is 20.9 Å². The molecule has 0 saturated carbocycles. The van der Waals surface area contributed by atoms with Gasteiger partial charge in [0.25, 0.3) is 0 Å². The van der Waals surface area contributed by atoms with Crippen LogP contribution >= 0.6 is 0 Å². The molecule has 2 heterocycles. The van der Waals surface area contributed by atoms with Crippen molar-refractivity contribution in [2.45, 2.75) is 19.3 Å². The summed E-state index contributed by atoms with van der Waals surface area (Å²) in [5.74, 6) is -0.268. The van der Waals surface area contributed by atoms with Gasteiger partial charge in [0.1, 0.15) is 11.0 Å². The number of rotatable bonds is 4. The van der Waals surface area contributed by atoms with Gasteiger partial charge in [-0.25, -0.2) is 4.63 Å². The van der Waals surface area contributed by atoms with Crippen molar-refractivity contribution in [3.8, 4) is 0 Å². The molecule has 8 nitrogen and oxygen atoms in total. The summed E-state index contributed by atoms with van der Waals surface area (Å²) in [5, 5.41) is 13.6. The van der Waals surface area contributed by atoms with Gasteiger partial charge in [0.2, 0.25) is 11.8 Å². The third-order valence-corrected chi connectivity index (χ3v) is 4.85. The van der Waals surface area contributed by atoms with E-state index in [0.29, 0.717) is 28.8 Å². The van der Waals surface area contributed by atoms with Crippen molar-refractivity contribution in [2.24, 2.45) is 0 Å². The second-order valence-electron chi connectivity index (χ2n) is 7.36. The standard InChI is InChI=1S/C20H21N5O3/c1-11-6-14-13(12-4-5-15-18(7-12)24-28-23-15)8-19(26)22-17(14)9-16(11)21-20(27)10-25(2)3/h4-7,9,13H,8,10H2,1-3H3,(H,21,27)(H,22,26)/t13-/m0/s1. The molecule has 3 aromatic rings. The average molecular weight is 379 g/mol. The quantitative estimate of drug-likeness (QED) is 0.722. The maximum absolute atomic E-state index is 12.3. The summed E-state index contributed by atoms with van der Waals surface area (Å²) < 4.78 is 4.77. The number of benzene rings is 2. The summed E-state index contributed by atoms with van der Waals surface area (Å²) >= 11 is 0. The van der Waals surface area contributed by atoms with Crippen LogP contribution in [0.5, 0.6) is 0 Å². The lowest BCUT2D eigenvalue weighted by Gasteiger charge is -2.27. The molecule has 0 fully saturated rings. The largest absolute Gasteiger partial charge is 0.326 e. The lowest BCUT2D eigenvalue weighted by Crippen LogP contribution is -2.28.